The highest BCUT2D eigenvalue weighted by Gasteiger charge is 2.08. The molecule has 0 radical (unpaired) electrons. The third-order valence-electron chi connectivity index (χ3n) is 2.52. The highest BCUT2D eigenvalue weighted by molar-refractivity contribution is 7.99. The van der Waals surface area contributed by atoms with E-state index < -0.39 is 0 Å². The summed E-state index contributed by atoms with van der Waals surface area (Å²) in [6, 6.07) is 10.4. The molecule has 0 unspecified atom stereocenters. The molecule has 0 aliphatic rings. The Hall–Kier alpha value is -1.82. The first-order valence-electron chi connectivity index (χ1n) is 7.17. The normalized spacial score (nSPS) is 10.4. The fourth-order valence-corrected chi connectivity index (χ4v) is 2.31. The van der Waals surface area contributed by atoms with E-state index in [-0.39, 0.29) is 0 Å². The smallest absolute Gasteiger partial charge is 0.322 e. The molecule has 0 fully saturated rings. The van der Waals surface area contributed by atoms with Crippen LogP contribution in [0.4, 0.5) is 5.95 Å². The summed E-state index contributed by atoms with van der Waals surface area (Å²) < 4.78 is 5.54. The van der Waals surface area contributed by atoms with Crippen LogP contribution in [0.3, 0.4) is 0 Å². The van der Waals surface area contributed by atoms with Crippen LogP contribution < -0.4 is 10.1 Å². The number of nitrogens with zero attached hydrogens (tertiary/aromatic N) is 3. The SMILES string of the molecule is CCCNc1nc(OCCC)nc(Sc2ccccc2)n1. The summed E-state index contributed by atoms with van der Waals surface area (Å²) in [7, 11) is 0. The van der Waals surface area contributed by atoms with Gasteiger partial charge in [0.05, 0.1) is 6.61 Å². The molecule has 0 saturated heterocycles. The van der Waals surface area contributed by atoms with Gasteiger partial charge in [-0.25, -0.2) is 0 Å². The second-order valence-corrected chi connectivity index (χ2v) is 5.46. The zero-order valence-corrected chi connectivity index (χ0v) is 13.2. The molecule has 0 spiro atoms. The Labute approximate surface area is 129 Å². The van der Waals surface area contributed by atoms with E-state index in [1.807, 2.05) is 30.3 Å². The van der Waals surface area contributed by atoms with E-state index in [2.05, 4.69) is 34.1 Å². The second kappa shape index (κ2) is 8.46. The van der Waals surface area contributed by atoms with Gasteiger partial charge in [0.1, 0.15) is 0 Å². The average Bonchev–Trinajstić information content (AvgIpc) is 2.52. The van der Waals surface area contributed by atoms with E-state index in [4.69, 9.17) is 4.74 Å². The lowest BCUT2D eigenvalue weighted by Crippen LogP contribution is -2.08. The van der Waals surface area contributed by atoms with Crippen LogP contribution in [0.2, 0.25) is 0 Å². The lowest BCUT2D eigenvalue weighted by atomic mass is 10.4. The minimum Gasteiger partial charge on any atom is -0.463 e. The summed E-state index contributed by atoms with van der Waals surface area (Å²) in [5.74, 6) is 0.566. The lowest BCUT2D eigenvalue weighted by Gasteiger charge is -2.08. The molecule has 6 heteroatoms. The van der Waals surface area contributed by atoms with Gasteiger partial charge in [-0.2, -0.15) is 15.0 Å². The van der Waals surface area contributed by atoms with Crippen LogP contribution in [0, 0.1) is 0 Å². The largest absolute Gasteiger partial charge is 0.463 e. The molecule has 0 aliphatic carbocycles. The number of rotatable bonds is 8. The van der Waals surface area contributed by atoms with Crippen molar-refractivity contribution in [1.29, 1.82) is 0 Å². The van der Waals surface area contributed by atoms with Gasteiger partial charge in [-0.15, -0.1) is 0 Å². The van der Waals surface area contributed by atoms with E-state index in [9.17, 15) is 0 Å². The van der Waals surface area contributed by atoms with Gasteiger partial charge in [0, 0.05) is 11.4 Å². The summed E-state index contributed by atoms with van der Waals surface area (Å²) in [6.45, 7) is 5.58. The molecule has 1 aromatic carbocycles. The summed E-state index contributed by atoms with van der Waals surface area (Å²) >= 11 is 1.50. The summed E-state index contributed by atoms with van der Waals surface area (Å²) in [4.78, 5) is 14.1. The molecule has 0 atom stereocenters. The average molecular weight is 304 g/mol. The van der Waals surface area contributed by atoms with E-state index in [1.54, 1.807) is 0 Å². The Morgan fingerprint density at radius 2 is 1.86 bits per heavy atom. The molecular formula is C15H20N4OS. The molecular weight excluding hydrogens is 284 g/mol. The monoisotopic (exact) mass is 304 g/mol. The van der Waals surface area contributed by atoms with Gasteiger partial charge in [-0.3, -0.25) is 0 Å². The van der Waals surface area contributed by atoms with E-state index in [0.29, 0.717) is 23.7 Å². The van der Waals surface area contributed by atoms with E-state index >= 15 is 0 Å². The molecule has 1 aromatic heterocycles. The van der Waals surface area contributed by atoms with Crippen LogP contribution in [0.1, 0.15) is 26.7 Å². The van der Waals surface area contributed by atoms with Gasteiger partial charge in [-0.05, 0) is 36.7 Å². The Kier molecular flexibility index (Phi) is 6.27. The highest BCUT2D eigenvalue weighted by atomic mass is 32.2. The van der Waals surface area contributed by atoms with Crippen LogP contribution in [-0.2, 0) is 0 Å². The standard InChI is InChI=1S/C15H20N4OS/c1-3-10-16-13-17-14(20-11-4-2)19-15(18-13)21-12-8-6-5-7-9-12/h5-9H,3-4,10-11H2,1-2H3,(H,16,17,18,19). The van der Waals surface area contributed by atoms with Crippen molar-refractivity contribution in [2.45, 2.75) is 36.7 Å². The first-order valence-corrected chi connectivity index (χ1v) is 7.99. The molecule has 0 bridgehead atoms. The third kappa shape index (κ3) is 5.23. The summed E-state index contributed by atoms with van der Waals surface area (Å²) in [5.41, 5.74) is 0. The van der Waals surface area contributed by atoms with Gasteiger partial charge < -0.3 is 10.1 Å². The molecule has 1 heterocycles. The maximum atomic E-state index is 5.54. The van der Waals surface area contributed by atoms with Gasteiger partial charge >= 0.3 is 6.01 Å². The molecule has 1 N–H and O–H groups in total. The van der Waals surface area contributed by atoms with Crippen molar-refractivity contribution in [3.05, 3.63) is 30.3 Å². The Bertz CT molecular complexity index is 524. The van der Waals surface area contributed by atoms with Crippen molar-refractivity contribution in [1.82, 2.24) is 15.0 Å². The van der Waals surface area contributed by atoms with Gasteiger partial charge in [-0.1, -0.05) is 32.0 Å². The quantitative estimate of drug-likeness (QED) is 0.803. The van der Waals surface area contributed by atoms with Crippen LogP contribution >= 0.6 is 11.8 Å². The maximum Gasteiger partial charge on any atom is 0.322 e. The summed E-state index contributed by atoms with van der Waals surface area (Å²) in [5, 5.41) is 3.82. The molecule has 0 saturated carbocycles. The topological polar surface area (TPSA) is 59.9 Å². The third-order valence-corrected chi connectivity index (χ3v) is 3.39. The zero-order valence-electron chi connectivity index (χ0n) is 12.4. The Morgan fingerprint density at radius 3 is 2.57 bits per heavy atom. The second-order valence-electron chi connectivity index (χ2n) is 4.41. The molecule has 112 valence electrons. The maximum absolute atomic E-state index is 5.54. The number of aromatic nitrogens is 3. The molecule has 2 rings (SSSR count). The van der Waals surface area contributed by atoms with Crippen molar-refractivity contribution >= 4 is 17.7 Å². The van der Waals surface area contributed by atoms with Crippen LogP contribution in [0.15, 0.2) is 40.4 Å². The molecule has 21 heavy (non-hydrogen) atoms. The number of anilines is 1. The van der Waals surface area contributed by atoms with Crippen LogP contribution in [-0.4, -0.2) is 28.1 Å². The van der Waals surface area contributed by atoms with Crippen LogP contribution in [0.25, 0.3) is 0 Å². The zero-order chi connectivity index (χ0) is 14.9. The number of nitrogens with one attached hydrogen (secondary N) is 1. The van der Waals surface area contributed by atoms with E-state index in [1.165, 1.54) is 11.8 Å². The predicted molar refractivity (Wildman–Crippen MR) is 85.0 cm³/mol. The van der Waals surface area contributed by atoms with E-state index in [0.717, 1.165) is 24.3 Å². The molecule has 2 aromatic rings. The number of benzene rings is 1. The fraction of sp³-hybridized carbons (Fsp3) is 0.400. The van der Waals surface area contributed by atoms with Crippen molar-refractivity contribution in [2.24, 2.45) is 0 Å². The predicted octanol–water partition coefficient (Wildman–Crippen LogP) is 3.63. The van der Waals surface area contributed by atoms with Gasteiger partial charge in [0.15, 0.2) is 0 Å². The lowest BCUT2D eigenvalue weighted by molar-refractivity contribution is 0.288. The number of hydrogen-bond acceptors (Lipinski definition) is 6. The molecule has 5 nitrogen and oxygen atoms in total. The van der Waals surface area contributed by atoms with Crippen LogP contribution in [0.5, 0.6) is 6.01 Å². The van der Waals surface area contributed by atoms with Gasteiger partial charge in [0.25, 0.3) is 0 Å². The van der Waals surface area contributed by atoms with Crippen molar-refractivity contribution in [2.75, 3.05) is 18.5 Å². The highest BCUT2D eigenvalue weighted by Crippen LogP contribution is 2.25. The minimum absolute atomic E-state index is 0.379. The first-order chi connectivity index (χ1) is 10.3. The Balaban J connectivity index is 2.17. The number of ether oxygens (including phenoxy) is 1. The van der Waals surface area contributed by atoms with Crippen molar-refractivity contribution in [3.63, 3.8) is 0 Å². The van der Waals surface area contributed by atoms with Gasteiger partial charge in [0.2, 0.25) is 11.1 Å². The summed E-state index contributed by atoms with van der Waals surface area (Å²) in [6.07, 6.45) is 1.93. The minimum atomic E-state index is 0.379. The first kappa shape index (κ1) is 15.6. The Morgan fingerprint density at radius 1 is 1.05 bits per heavy atom. The van der Waals surface area contributed by atoms with Crippen molar-refractivity contribution in [3.8, 4) is 6.01 Å². The number of hydrogen-bond donors (Lipinski definition) is 1. The fourth-order valence-electron chi connectivity index (χ4n) is 1.55. The van der Waals surface area contributed by atoms with Crippen molar-refractivity contribution < 1.29 is 4.74 Å². The molecule has 0 aliphatic heterocycles. The molecule has 0 amide bonds.